The summed E-state index contributed by atoms with van der Waals surface area (Å²) in [7, 11) is 0. The second-order valence-corrected chi connectivity index (χ2v) is 10.5. The van der Waals surface area contributed by atoms with Gasteiger partial charge >= 0.3 is 5.97 Å². The van der Waals surface area contributed by atoms with Crippen LogP contribution in [0.3, 0.4) is 0 Å². The van der Waals surface area contributed by atoms with Gasteiger partial charge in [-0.1, -0.05) is 17.7 Å². The molecule has 4 unspecified atom stereocenters. The first-order chi connectivity index (χ1) is 16.8. The maximum atomic E-state index is 11.7. The van der Waals surface area contributed by atoms with E-state index in [1.54, 1.807) is 12.1 Å². The molecule has 1 aromatic carbocycles. The van der Waals surface area contributed by atoms with Crippen molar-refractivity contribution in [3.05, 3.63) is 51.9 Å². The molecule has 2 saturated carbocycles. The molecule has 2 N–H and O–H groups in total. The zero-order chi connectivity index (χ0) is 24.4. The molecule has 0 amide bonds. The Morgan fingerprint density at radius 3 is 2.80 bits per heavy atom. The van der Waals surface area contributed by atoms with Crippen molar-refractivity contribution in [3.63, 3.8) is 0 Å². The summed E-state index contributed by atoms with van der Waals surface area (Å²) in [6.45, 7) is 4.86. The Hall–Kier alpha value is -3.44. The lowest BCUT2D eigenvalue weighted by molar-refractivity contribution is 0.0691. The number of fused-ring (bicyclic) bond motifs is 2. The smallest absolute Gasteiger partial charge is 0.356 e. The number of carboxylic acids is 1. The summed E-state index contributed by atoms with van der Waals surface area (Å²) < 4.78 is 0. The number of carbonyl (C=O) groups is 1. The molecule has 3 fully saturated rings. The Balaban J connectivity index is 1.43. The van der Waals surface area contributed by atoms with Crippen molar-refractivity contribution in [3.8, 4) is 6.07 Å². The molecule has 1 saturated heterocycles. The van der Waals surface area contributed by atoms with Crippen molar-refractivity contribution < 1.29 is 9.90 Å². The molecule has 178 valence electrons. The van der Waals surface area contributed by atoms with E-state index >= 15 is 0 Å². The second-order valence-electron chi connectivity index (χ2n) is 10.1. The quantitative estimate of drug-likeness (QED) is 0.484. The number of hydrogen-bond donors (Lipinski definition) is 2. The molecule has 2 aliphatic carbocycles. The van der Waals surface area contributed by atoms with Gasteiger partial charge in [0.15, 0.2) is 17.2 Å². The molecule has 3 aliphatic rings. The number of nitrogens with one attached hydrogen (secondary N) is 1. The predicted molar refractivity (Wildman–Crippen MR) is 133 cm³/mol. The topological polar surface area (TPSA) is 115 Å². The highest BCUT2D eigenvalue weighted by atomic mass is 35.5. The van der Waals surface area contributed by atoms with Crippen LogP contribution in [0.2, 0.25) is 5.15 Å². The lowest BCUT2D eigenvalue weighted by Crippen LogP contribution is -2.32. The first kappa shape index (κ1) is 22.1. The first-order valence-electron chi connectivity index (χ1n) is 12.0. The third kappa shape index (κ3) is 3.57. The molecule has 3 aromatic rings. The number of nitriles is 1. The van der Waals surface area contributed by atoms with Crippen LogP contribution >= 0.6 is 11.6 Å². The highest BCUT2D eigenvalue weighted by molar-refractivity contribution is 6.29. The SMILES string of the molecule is Cc1cc([C@@H](C)Nc2ccc(Cl)nc2C(=O)O)c2nc(N3CC4CC5CC4C3C5)c(C#N)nc2c1. The van der Waals surface area contributed by atoms with Crippen LogP contribution in [-0.4, -0.2) is 38.6 Å². The van der Waals surface area contributed by atoms with Crippen LogP contribution in [0.25, 0.3) is 11.0 Å². The number of hydrogen-bond acceptors (Lipinski definition) is 7. The van der Waals surface area contributed by atoms with E-state index in [1.807, 2.05) is 26.0 Å². The third-order valence-electron chi connectivity index (χ3n) is 7.95. The second kappa shape index (κ2) is 8.06. The molecule has 6 rings (SSSR count). The summed E-state index contributed by atoms with van der Waals surface area (Å²) in [4.78, 5) is 27.8. The molecule has 3 heterocycles. The normalized spacial score (nSPS) is 25.1. The Morgan fingerprint density at radius 2 is 2.09 bits per heavy atom. The molecule has 35 heavy (non-hydrogen) atoms. The summed E-state index contributed by atoms with van der Waals surface area (Å²) in [6.07, 6.45) is 3.75. The summed E-state index contributed by atoms with van der Waals surface area (Å²) in [5.74, 6) is 1.71. The van der Waals surface area contributed by atoms with E-state index in [0.29, 0.717) is 40.6 Å². The summed E-state index contributed by atoms with van der Waals surface area (Å²) >= 11 is 5.92. The number of nitrogens with zero attached hydrogens (tertiary/aromatic N) is 5. The Morgan fingerprint density at radius 1 is 1.26 bits per heavy atom. The molecule has 2 aromatic heterocycles. The molecular weight excluding hydrogens is 464 g/mol. The summed E-state index contributed by atoms with van der Waals surface area (Å²) in [5.41, 5.74) is 3.86. The van der Waals surface area contributed by atoms with Gasteiger partial charge in [0.1, 0.15) is 11.2 Å². The number of halogens is 1. The van der Waals surface area contributed by atoms with Gasteiger partial charge in [-0.2, -0.15) is 5.26 Å². The van der Waals surface area contributed by atoms with Gasteiger partial charge in [-0.3, -0.25) is 0 Å². The van der Waals surface area contributed by atoms with Crippen molar-refractivity contribution in [2.75, 3.05) is 16.8 Å². The largest absolute Gasteiger partial charge is 0.476 e. The van der Waals surface area contributed by atoms with Crippen molar-refractivity contribution in [2.45, 2.75) is 45.2 Å². The molecule has 2 bridgehead atoms. The number of anilines is 2. The van der Waals surface area contributed by atoms with Crippen LogP contribution in [-0.2, 0) is 0 Å². The average Bonchev–Trinajstić information content (AvgIpc) is 3.46. The monoisotopic (exact) mass is 488 g/mol. The van der Waals surface area contributed by atoms with Crippen LogP contribution in [0.5, 0.6) is 0 Å². The van der Waals surface area contributed by atoms with E-state index in [9.17, 15) is 15.2 Å². The zero-order valence-electron chi connectivity index (χ0n) is 19.5. The maximum Gasteiger partial charge on any atom is 0.356 e. The number of aryl methyl sites for hydroxylation is 1. The lowest BCUT2D eigenvalue weighted by atomic mass is 9.90. The number of aromatic carboxylic acids is 1. The summed E-state index contributed by atoms with van der Waals surface area (Å²) in [5, 5.41) is 22.9. The number of benzene rings is 1. The Kier molecular flexibility index (Phi) is 5.08. The molecule has 9 heteroatoms. The van der Waals surface area contributed by atoms with E-state index in [2.05, 4.69) is 21.3 Å². The van der Waals surface area contributed by atoms with Gasteiger partial charge < -0.3 is 15.3 Å². The number of rotatable bonds is 5. The fourth-order valence-corrected chi connectivity index (χ4v) is 6.76. The van der Waals surface area contributed by atoms with E-state index in [-0.39, 0.29) is 16.9 Å². The lowest BCUT2D eigenvalue weighted by Gasteiger charge is -2.27. The average molecular weight is 489 g/mol. The Bertz CT molecular complexity index is 1420. The Labute approximate surface area is 208 Å². The highest BCUT2D eigenvalue weighted by Gasteiger charge is 2.54. The van der Waals surface area contributed by atoms with Crippen LogP contribution in [0, 0.1) is 36.0 Å². The van der Waals surface area contributed by atoms with Gasteiger partial charge in [0.2, 0.25) is 0 Å². The molecule has 0 spiro atoms. The first-order valence-corrected chi connectivity index (χ1v) is 12.4. The van der Waals surface area contributed by atoms with Crippen molar-refractivity contribution in [2.24, 2.45) is 17.8 Å². The fraction of sp³-hybridized carbons (Fsp3) is 0.423. The van der Waals surface area contributed by atoms with Gasteiger partial charge in [0.05, 0.1) is 22.8 Å². The minimum atomic E-state index is -1.16. The van der Waals surface area contributed by atoms with Crippen molar-refractivity contribution in [1.82, 2.24) is 15.0 Å². The minimum Gasteiger partial charge on any atom is -0.476 e. The van der Waals surface area contributed by atoms with Gasteiger partial charge in [-0.15, -0.1) is 0 Å². The van der Waals surface area contributed by atoms with E-state index in [4.69, 9.17) is 21.6 Å². The van der Waals surface area contributed by atoms with Crippen LogP contribution in [0.4, 0.5) is 11.5 Å². The van der Waals surface area contributed by atoms with Crippen molar-refractivity contribution >= 4 is 40.1 Å². The zero-order valence-corrected chi connectivity index (χ0v) is 20.3. The highest BCUT2D eigenvalue weighted by Crippen LogP contribution is 2.55. The van der Waals surface area contributed by atoms with Gasteiger partial charge in [0.25, 0.3) is 0 Å². The summed E-state index contributed by atoms with van der Waals surface area (Å²) in [6, 6.07) is 9.60. The van der Waals surface area contributed by atoms with E-state index in [1.165, 1.54) is 19.3 Å². The molecule has 1 aliphatic heterocycles. The minimum absolute atomic E-state index is 0.120. The third-order valence-corrected chi connectivity index (χ3v) is 8.16. The molecule has 0 radical (unpaired) electrons. The van der Waals surface area contributed by atoms with E-state index in [0.717, 1.165) is 29.1 Å². The van der Waals surface area contributed by atoms with Gasteiger partial charge in [-0.05, 0) is 74.6 Å². The molecule has 5 atom stereocenters. The maximum absolute atomic E-state index is 11.7. The van der Waals surface area contributed by atoms with Gasteiger partial charge in [0, 0.05) is 18.2 Å². The fourth-order valence-electron chi connectivity index (χ4n) is 6.61. The molecular formula is C26H25ClN6O2. The van der Waals surface area contributed by atoms with Crippen LogP contribution in [0.1, 0.15) is 59.5 Å². The predicted octanol–water partition coefficient (Wildman–Crippen LogP) is 4.96. The standard InChI is InChI=1S/C26H25ClN6O2/c1-12-5-16(13(2)29-18-3-4-22(27)31-24(18)26(34)35)23-19(6-12)30-20(10-28)25(32-23)33-11-15-7-14-8-17(15)21(33)9-14/h3-6,13-15,17,21,29H,7-9,11H2,1-2H3,(H,34,35)/t13-,14?,15?,17?,21?/m1/s1. The number of pyridine rings is 1. The van der Waals surface area contributed by atoms with Gasteiger partial charge in [-0.25, -0.2) is 19.7 Å². The van der Waals surface area contributed by atoms with Crippen LogP contribution < -0.4 is 10.2 Å². The number of carboxylic acid groups (broad SMARTS) is 1. The number of aromatic nitrogens is 3. The molecule has 8 nitrogen and oxygen atoms in total. The van der Waals surface area contributed by atoms with Crippen LogP contribution in [0.15, 0.2) is 24.3 Å². The van der Waals surface area contributed by atoms with E-state index < -0.39 is 5.97 Å². The van der Waals surface area contributed by atoms with Crippen molar-refractivity contribution in [1.29, 1.82) is 5.26 Å².